The van der Waals surface area contributed by atoms with Crippen molar-refractivity contribution in [3.05, 3.63) is 21.9 Å². The second-order valence-corrected chi connectivity index (χ2v) is 6.68. The van der Waals surface area contributed by atoms with Crippen LogP contribution in [-0.4, -0.2) is 25.5 Å². The van der Waals surface area contributed by atoms with Crippen LogP contribution < -0.4 is 10.6 Å². The molecule has 0 spiro atoms. The van der Waals surface area contributed by atoms with Gasteiger partial charge in [0.15, 0.2) is 0 Å². The van der Waals surface area contributed by atoms with Gasteiger partial charge >= 0.3 is 0 Å². The summed E-state index contributed by atoms with van der Waals surface area (Å²) in [7, 11) is 0. The molecule has 1 aliphatic heterocycles. The Morgan fingerprint density at radius 2 is 2.42 bits per heavy atom. The molecule has 2 atom stereocenters. The summed E-state index contributed by atoms with van der Waals surface area (Å²) in [6, 6.07) is 2.14. The van der Waals surface area contributed by atoms with Gasteiger partial charge in [0.2, 0.25) is 5.91 Å². The van der Waals surface area contributed by atoms with Crippen LogP contribution in [0.25, 0.3) is 0 Å². The van der Waals surface area contributed by atoms with Crippen molar-refractivity contribution in [2.24, 2.45) is 5.92 Å². The average Bonchev–Trinajstić information content (AvgIpc) is 3.08. The number of hydrogen-bond donors (Lipinski definition) is 2. The van der Waals surface area contributed by atoms with E-state index in [-0.39, 0.29) is 11.8 Å². The molecule has 1 aliphatic carbocycles. The van der Waals surface area contributed by atoms with Crippen LogP contribution in [0.5, 0.6) is 0 Å². The number of aryl methyl sites for hydroxylation is 1. The molecule has 4 heteroatoms. The van der Waals surface area contributed by atoms with Crippen molar-refractivity contribution in [1.29, 1.82) is 0 Å². The van der Waals surface area contributed by atoms with Gasteiger partial charge in [0.25, 0.3) is 0 Å². The van der Waals surface area contributed by atoms with Crippen molar-refractivity contribution < 1.29 is 4.79 Å². The van der Waals surface area contributed by atoms with Gasteiger partial charge < -0.3 is 10.6 Å². The Bertz CT molecular complexity index is 437. The molecule has 1 aromatic heterocycles. The molecule has 0 saturated carbocycles. The molecule has 3 nitrogen and oxygen atoms in total. The highest BCUT2D eigenvalue weighted by atomic mass is 32.1. The Labute approximate surface area is 118 Å². The highest BCUT2D eigenvalue weighted by Gasteiger charge is 2.27. The second kappa shape index (κ2) is 6.06. The molecular weight excluding hydrogens is 256 g/mol. The average molecular weight is 278 g/mol. The van der Waals surface area contributed by atoms with Crippen LogP contribution in [0.2, 0.25) is 0 Å². The largest absolute Gasteiger partial charge is 0.356 e. The summed E-state index contributed by atoms with van der Waals surface area (Å²) in [5.74, 6) is 1.10. The van der Waals surface area contributed by atoms with Crippen LogP contribution in [0.3, 0.4) is 0 Å². The first-order valence-corrected chi connectivity index (χ1v) is 8.27. The number of carbonyl (C=O) groups is 1. The first kappa shape index (κ1) is 13.1. The highest BCUT2D eigenvalue weighted by molar-refractivity contribution is 7.10. The number of thiophene rings is 1. The minimum Gasteiger partial charge on any atom is -0.356 e. The molecule has 0 bridgehead atoms. The number of nitrogens with one attached hydrogen (secondary N) is 2. The highest BCUT2D eigenvalue weighted by Crippen LogP contribution is 2.34. The fourth-order valence-electron chi connectivity index (χ4n) is 3.24. The summed E-state index contributed by atoms with van der Waals surface area (Å²) in [4.78, 5) is 13.7. The monoisotopic (exact) mass is 278 g/mol. The van der Waals surface area contributed by atoms with Crippen LogP contribution in [0, 0.1) is 5.92 Å². The van der Waals surface area contributed by atoms with Gasteiger partial charge in [-0.2, -0.15) is 0 Å². The third-order valence-electron chi connectivity index (χ3n) is 4.38. The summed E-state index contributed by atoms with van der Waals surface area (Å²) in [6.45, 7) is 3.09. The summed E-state index contributed by atoms with van der Waals surface area (Å²) in [5, 5.41) is 8.65. The van der Waals surface area contributed by atoms with Crippen molar-refractivity contribution in [2.45, 2.75) is 38.0 Å². The lowest BCUT2D eigenvalue weighted by Gasteiger charge is -2.22. The smallest absolute Gasteiger partial charge is 0.227 e. The van der Waals surface area contributed by atoms with Crippen molar-refractivity contribution in [2.75, 3.05) is 19.6 Å². The molecule has 19 heavy (non-hydrogen) atoms. The van der Waals surface area contributed by atoms with Crippen LogP contribution in [-0.2, 0) is 11.2 Å². The maximum Gasteiger partial charge on any atom is 0.227 e. The van der Waals surface area contributed by atoms with Crippen molar-refractivity contribution in [3.8, 4) is 0 Å². The van der Waals surface area contributed by atoms with E-state index in [1.54, 1.807) is 11.3 Å². The van der Waals surface area contributed by atoms with Gasteiger partial charge in [0.05, 0.1) is 5.92 Å². The van der Waals surface area contributed by atoms with Gasteiger partial charge in [-0.25, -0.2) is 0 Å². The van der Waals surface area contributed by atoms with Crippen LogP contribution in [0.1, 0.15) is 42.0 Å². The lowest BCUT2D eigenvalue weighted by Crippen LogP contribution is -2.32. The molecule has 0 radical (unpaired) electrons. The van der Waals surface area contributed by atoms with E-state index in [4.69, 9.17) is 0 Å². The number of hydrogen-bond acceptors (Lipinski definition) is 3. The van der Waals surface area contributed by atoms with Gasteiger partial charge in [-0.05, 0) is 68.1 Å². The van der Waals surface area contributed by atoms with Crippen LogP contribution in [0.15, 0.2) is 11.4 Å². The van der Waals surface area contributed by atoms with E-state index in [2.05, 4.69) is 22.1 Å². The first-order valence-electron chi connectivity index (χ1n) is 7.39. The molecule has 1 amide bonds. The van der Waals surface area contributed by atoms with E-state index in [0.717, 1.165) is 51.2 Å². The van der Waals surface area contributed by atoms with E-state index in [1.807, 2.05) is 0 Å². The Morgan fingerprint density at radius 1 is 1.47 bits per heavy atom. The Kier molecular flexibility index (Phi) is 4.18. The fraction of sp³-hybridized carbons (Fsp3) is 0.667. The van der Waals surface area contributed by atoms with E-state index in [1.165, 1.54) is 16.9 Å². The van der Waals surface area contributed by atoms with Crippen LogP contribution >= 0.6 is 11.3 Å². The van der Waals surface area contributed by atoms with E-state index in [9.17, 15) is 4.79 Å². The summed E-state index contributed by atoms with van der Waals surface area (Å²) in [5.41, 5.74) is 1.29. The predicted octanol–water partition coefficient (Wildman–Crippen LogP) is 2.28. The molecule has 1 aromatic rings. The maximum atomic E-state index is 12.3. The normalized spacial score (nSPS) is 26.1. The molecule has 104 valence electrons. The Morgan fingerprint density at radius 3 is 3.26 bits per heavy atom. The third-order valence-corrected chi connectivity index (χ3v) is 5.38. The molecular formula is C15H22N2OS. The number of amides is 1. The van der Waals surface area contributed by atoms with Gasteiger partial charge in [-0.3, -0.25) is 4.79 Å². The zero-order chi connectivity index (χ0) is 13.1. The van der Waals surface area contributed by atoms with Crippen molar-refractivity contribution in [3.63, 3.8) is 0 Å². The summed E-state index contributed by atoms with van der Waals surface area (Å²) < 4.78 is 0. The minimum atomic E-state index is 0.108. The maximum absolute atomic E-state index is 12.3. The van der Waals surface area contributed by atoms with Crippen molar-refractivity contribution in [1.82, 2.24) is 10.6 Å². The van der Waals surface area contributed by atoms with Crippen molar-refractivity contribution >= 4 is 17.2 Å². The molecule has 2 unspecified atom stereocenters. The van der Waals surface area contributed by atoms with Gasteiger partial charge in [0.1, 0.15) is 0 Å². The molecule has 3 rings (SSSR count). The number of fused-ring (bicyclic) bond motifs is 1. The second-order valence-electron chi connectivity index (χ2n) is 5.68. The topological polar surface area (TPSA) is 41.1 Å². The number of rotatable bonds is 4. The van der Waals surface area contributed by atoms with E-state index >= 15 is 0 Å². The summed E-state index contributed by atoms with van der Waals surface area (Å²) >= 11 is 1.80. The zero-order valence-corrected chi connectivity index (χ0v) is 12.1. The van der Waals surface area contributed by atoms with Crippen LogP contribution in [0.4, 0.5) is 0 Å². The lowest BCUT2D eigenvalue weighted by molar-refractivity contribution is -0.122. The molecule has 1 saturated heterocycles. The number of carbonyl (C=O) groups excluding carboxylic acids is 1. The Hall–Kier alpha value is -0.870. The molecule has 0 aromatic carbocycles. The fourth-order valence-corrected chi connectivity index (χ4v) is 4.23. The first-order chi connectivity index (χ1) is 9.34. The van der Waals surface area contributed by atoms with Gasteiger partial charge in [-0.15, -0.1) is 11.3 Å². The SMILES string of the molecule is O=C(NCCC1CCNC1)C1CCCc2sccc21. The molecule has 2 aliphatic rings. The molecule has 1 fully saturated rings. The summed E-state index contributed by atoms with van der Waals surface area (Å²) in [6.07, 6.45) is 5.69. The Balaban J connectivity index is 1.51. The van der Waals surface area contributed by atoms with E-state index < -0.39 is 0 Å². The van der Waals surface area contributed by atoms with E-state index in [0.29, 0.717) is 0 Å². The standard InChI is InChI=1S/C15H22N2OS/c18-15(17-8-5-11-4-7-16-10-11)13-2-1-3-14-12(13)6-9-19-14/h6,9,11,13,16H,1-5,7-8,10H2,(H,17,18). The third kappa shape index (κ3) is 3.00. The predicted molar refractivity (Wildman–Crippen MR) is 78.6 cm³/mol. The lowest BCUT2D eigenvalue weighted by atomic mass is 9.87. The van der Waals surface area contributed by atoms with Gasteiger partial charge in [-0.1, -0.05) is 0 Å². The van der Waals surface area contributed by atoms with Gasteiger partial charge in [0, 0.05) is 11.4 Å². The molecule has 2 N–H and O–H groups in total. The quantitative estimate of drug-likeness (QED) is 0.887. The molecule has 2 heterocycles. The minimum absolute atomic E-state index is 0.108. The zero-order valence-electron chi connectivity index (χ0n) is 11.3.